The minimum absolute atomic E-state index is 0.0176. The van der Waals surface area contributed by atoms with Crippen molar-refractivity contribution in [1.82, 2.24) is 40.9 Å². The SMILES string of the molecule is CC(=O)c1ccc(CO)c(C#CCNC(=O)COc2ccccc2)c1.CC(=O)c1ccc(CO)c(I)c1.CC(NC1CC1)c1ccc(CO)c(C#CCNC(=O)COc2ccccc2)c1.CC(c1ccc(CO)c(C#CCNC(=O)COc2ccccc2)c1)N(C(=O)[C@H]1CN(C(=O)OC(C)(C)C)CCO1)C1CC1.CC(c1ccc(CO)c(CCCN)c1)N(C(=O)[C@H]1CN(C(=O)OC(C)(C)C)CCO1)C1CC1. The van der Waals surface area contributed by atoms with Gasteiger partial charge in [-0.25, -0.2) is 9.59 Å². The summed E-state index contributed by atoms with van der Waals surface area (Å²) in [5.41, 5.74) is 15.6. The van der Waals surface area contributed by atoms with Crippen LogP contribution in [-0.2, 0) is 82.4 Å². The van der Waals surface area contributed by atoms with Gasteiger partial charge in [-0.15, -0.1) is 0 Å². The Morgan fingerprint density at radius 3 is 1.17 bits per heavy atom. The number of Topliss-reactive ketones (excluding diaryl/α,β-unsaturated/α-hetero) is 2. The van der Waals surface area contributed by atoms with Gasteiger partial charge in [0.15, 0.2) is 43.6 Å². The van der Waals surface area contributed by atoms with Crippen LogP contribution in [-0.4, -0.2) is 225 Å². The van der Waals surface area contributed by atoms with Crippen molar-refractivity contribution in [3.8, 4) is 52.8 Å². The lowest BCUT2D eigenvalue weighted by Gasteiger charge is -2.38. The molecule has 0 aromatic heterocycles. The van der Waals surface area contributed by atoms with Crippen molar-refractivity contribution >= 4 is 75.9 Å². The number of nitrogens with zero attached hydrogens (tertiary/aromatic N) is 4. The lowest BCUT2D eigenvalue weighted by atomic mass is 9.96. The lowest BCUT2D eigenvalue weighted by molar-refractivity contribution is -0.152. The number of aliphatic hydroxyl groups excluding tert-OH is 5. The predicted molar refractivity (Wildman–Crippen MR) is 544 cm³/mol. The average molecular weight is 2050 g/mol. The zero-order valence-electron chi connectivity index (χ0n) is 82.3. The van der Waals surface area contributed by atoms with Crippen LogP contribution in [0.25, 0.3) is 0 Å². The Morgan fingerprint density at radius 1 is 0.454 bits per heavy atom. The van der Waals surface area contributed by atoms with E-state index in [1.807, 2.05) is 162 Å². The summed E-state index contributed by atoms with van der Waals surface area (Å²) >= 11 is 2.11. The zero-order chi connectivity index (χ0) is 102. The number of ketones is 2. The van der Waals surface area contributed by atoms with Crippen LogP contribution in [0.2, 0.25) is 0 Å². The van der Waals surface area contributed by atoms with Crippen LogP contribution in [0.1, 0.15) is 227 Å². The Labute approximate surface area is 841 Å². The molecule has 0 radical (unpaired) electrons. The van der Waals surface area contributed by atoms with E-state index in [1.165, 1.54) is 31.6 Å². The molecule has 2 saturated heterocycles. The van der Waals surface area contributed by atoms with Crippen LogP contribution in [0.15, 0.2) is 182 Å². The molecule has 11 N–H and O–H groups in total. The molecule has 0 bridgehead atoms. The van der Waals surface area contributed by atoms with Gasteiger partial charge in [-0.1, -0.05) is 157 Å². The summed E-state index contributed by atoms with van der Waals surface area (Å²) in [6.45, 7) is 22.1. The molecule has 3 aliphatic carbocycles. The van der Waals surface area contributed by atoms with E-state index in [0.717, 1.165) is 86.6 Å². The number of para-hydroxylation sites is 3. The Bertz CT molecular complexity index is 5690. The van der Waals surface area contributed by atoms with Gasteiger partial charge in [0.05, 0.1) is 91.1 Å². The van der Waals surface area contributed by atoms with E-state index in [0.29, 0.717) is 82.9 Å². The maximum Gasteiger partial charge on any atom is 0.410 e. The Morgan fingerprint density at radius 2 is 0.809 bits per heavy atom. The molecule has 7 amide bonds. The largest absolute Gasteiger partial charge is 0.484 e. The maximum absolute atomic E-state index is 13.8. The fourth-order valence-corrected chi connectivity index (χ4v) is 15.5. The number of ether oxygens (including phenoxy) is 7. The molecule has 8 aromatic carbocycles. The van der Waals surface area contributed by atoms with E-state index >= 15 is 0 Å². The van der Waals surface area contributed by atoms with E-state index in [4.69, 9.17) is 44.0 Å². The van der Waals surface area contributed by atoms with Gasteiger partial charge >= 0.3 is 12.2 Å². The van der Waals surface area contributed by atoms with Gasteiger partial charge in [0.25, 0.3) is 29.5 Å². The van der Waals surface area contributed by atoms with Gasteiger partial charge in [0.2, 0.25) is 0 Å². The standard InChI is InChI=1S/C33H41N3O7.C25H39N3O5.C23H26N2O3.C20H19NO4.C9H9IO2/c1-23(36(27-14-15-27)31(39)29-20-35(17-18-41-29)32(40)43-33(2,3)4)24-12-13-26(21-37)25(19-24)9-8-16-34-30(38)22-42-28-10-6-5-7-11-28;1-17(18-7-8-20(16-29)19(14-18)6-5-11-26)28(21-9-10-21)23(30)22-15-27(12-13-32-22)24(31)33-25(2,3)4;1-17(25-21-11-12-21)18-9-10-20(15-26)19(14-18)6-5-13-24-23(27)16-28-22-7-3-2-4-8-22;1-15(23)16-9-10-18(13-22)17(12-16)6-5-11-21-20(24)14-25-19-7-3-2-4-8-19;1-6(12)7-2-3-8(5-11)9(10)4-7/h5-7,10-13,19,23,27,29,37H,14-18,20-22H2,1-4H3,(H,34,38);7-8,14,17,21-22,29H,5-6,9-13,15-16,26H2,1-4H3;2-4,7-10,14,17,21,25-26H,11-13,15-16H2,1H3,(H,24,27);2-4,7-10,12,22H,11,13-14H2,1H3,(H,21,24);2-4,11H,5H2,1H3/t23?,29-;17?,22-;;;/m11.../s1. The van der Waals surface area contributed by atoms with Crippen molar-refractivity contribution in [2.75, 3.05) is 85.4 Å². The van der Waals surface area contributed by atoms with Gasteiger partial charge in [-0.05, 0) is 267 Å². The first-order chi connectivity index (χ1) is 67.6. The molecular weight excluding hydrogens is 1910 g/mol. The second kappa shape index (κ2) is 56.8. The number of hydrogen-bond donors (Lipinski definition) is 10. The van der Waals surface area contributed by atoms with Crippen LogP contribution < -0.4 is 41.2 Å². The summed E-state index contributed by atoms with van der Waals surface area (Å²) in [6, 6.07) is 55.8. The molecule has 5 fully saturated rings. The third-order valence-electron chi connectivity index (χ3n) is 22.8. The number of morpholine rings is 2. The van der Waals surface area contributed by atoms with Crippen molar-refractivity contribution in [2.24, 2.45) is 5.73 Å². The van der Waals surface area contributed by atoms with Crippen LogP contribution in [0.5, 0.6) is 17.2 Å². The van der Waals surface area contributed by atoms with E-state index in [1.54, 1.807) is 83.8 Å². The van der Waals surface area contributed by atoms with E-state index in [2.05, 4.69) is 92.4 Å². The Balaban J connectivity index is 0.000000205. The number of carbonyl (C=O) groups is 9. The minimum Gasteiger partial charge on any atom is -0.484 e. The lowest BCUT2D eigenvalue weighted by Crippen LogP contribution is -2.54. The number of aryl methyl sites for hydroxylation is 1. The predicted octanol–water partition coefficient (Wildman–Crippen LogP) is 12.6. The zero-order valence-corrected chi connectivity index (χ0v) is 84.5. The topological polar surface area (TPSA) is 406 Å². The number of nitrogens with two attached hydrogens (primary N) is 1. The van der Waals surface area contributed by atoms with Crippen molar-refractivity contribution in [1.29, 1.82) is 0 Å². The maximum atomic E-state index is 13.8. The summed E-state index contributed by atoms with van der Waals surface area (Å²) in [4.78, 5) is 117. The number of nitrogens with one attached hydrogen (secondary N) is 4. The van der Waals surface area contributed by atoms with Crippen LogP contribution in [0.3, 0.4) is 0 Å². The highest BCUT2D eigenvalue weighted by Gasteiger charge is 2.44. The molecule has 0 spiro atoms. The highest BCUT2D eigenvalue weighted by Crippen LogP contribution is 2.39. The number of aliphatic hydroxyl groups is 5. The third-order valence-corrected chi connectivity index (χ3v) is 23.8. The summed E-state index contributed by atoms with van der Waals surface area (Å²) < 4.78 is 39.8. The van der Waals surface area contributed by atoms with Crippen LogP contribution in [0.4, 0.5) is 9.59 Å². The molecule has 3 saturated carbocycles. The molecule has 5 aliphatic rings. The number of amides is 7. The average Bonchev–Trinajstić information content (AvgIpc) is 1.63. The minimum atomic E-state index is -0.783. The molecule has 8 aromatic rings. The highest BCUT2D eigenvalue weighted by molar-refractivity contribution is 14.1. The Kier molecular flexibility index (Phi) is 45.1. The van der Waals surface area contributed by atoms with E-state index in [-0.39, 0.29) is 163 Å². The van der Waals surface area contributed by atoms with Gasteiger partial charge in [0, 0.05) is 68.6 Å². The van der Waals surface area contributed by atoms with Crippen LogP contribution in [0, 0.1) is 39.1 Å². The molecule has 3 unspecified atom stereocenters. The summed E-state index contributed by atoms with van der Waals surface area (Å²) in [5.74, 6) is 18.5. The number of hydrogen-bond acceptors (Lipinski definition) is 23. The summed E-state index contributed by atoms with van der Waals surface area (Å²) in [5, 5.41) is 59.0. The normalized spacial score (nSPS) is 15.2. The number of carbonyl (C=O) groups excluding carboxylic acids is 9. The van der Waals surface area contributed by atoms with Gasteiger partial charge in [0.1, 0.15) is 28.5 Å². The smallest absolute Gasteiger partial charge is 0.410 e. The first kappa shape index (κ1) is 112. The molecule has 752 valence electrons. The molecule has 2 aliphatic heterocycles. The molecule has 5 atom stereocenters. The summed E-state index contributed by atoms with van der Waals surface area (Å²) in [6.07, 6.45) is 5.47. The number of halogens is 1. The summed E-state index contributed by atoms with van der Waals surface area (Å²) in [7, 11) is 0. The molecule has 2 heterocycles. The number of benzene rings is 8. The third kappa shape index (κ3) is 38.1. The van der Waals surface area contributed by atoms with Gasteiger partial charge in [-0.2, -0.15) is 0 Å². The fraction of sp³-hybridized carbons (Fsp3) is 0.427. The monoisotopic (exact) mass is 2040 g/mol. The van der Waals surface area contributed by atoms with E-state index < -0.39 is 35.6 Å². The second-order valence-electron chi connectivity index (χ2n) is 36.4. The fourth-order valence-electron chi connectivity index (χ4n) is 14.8. The first-order valence-corrected chi connectivity index (χ1v) is 48.6. The van der Waals surface area contributed by atoms with Crippen LogP contribution >= 0.6 is 22.6 Å². The van der Waals surface area contributed by atoms with Gasteiger partial charge < -0.3 is 105 Å². The van der Waals surface area contributed by atoms with Gasteiger partial charge in [-0.3, -0.25) is 33.6 Å². The molecule has 13 rings (SSSR count). The second-order valence-corrected chi connectivity index (χ2v) is 37.6. The molecule has 30 nitrogen and oxygen atoms in total. The quantitative estimate of drug-likeness (QED) is 0.0104. The van der Waals surface area contributed by atoms with E-state index in [9.17, 15) is 63.6 Å². The highest BCUT2D eigenvalue weighted by atomic mass is 127. The molecule has 31 heteroatoms. The molecule has 141 heavy (non-hydrogen) atoms. The van der Waals surface area contributed by atoms with Crippen molar-refractivity contribution in [2.45, 2.75) is 220 Å². The molecular formula is C110H134IN9O21. The first-order valence-electron chi connectivity index (χ1n) is 47.5. The van der Waals surface area contributed by atoms with Crippen molar-refractivity contribution in [3.63, 3.8) is 0 Å². The van der Waals surface area contributed by atoms with Crippen molar-refractivity contribution in [3.05, 3.63) is 263 Å². The van der Waals surface area contributed by atoms with Crippen molar-refractivity contribution < 1.29 is 102 Å². The Hall–Kier alpha value is -12.6. The number of rotatable bonds is 33.